The van der Waals surface area contributed by atoms with Gasteiger partial charge in [0.25, 0.3) is 0 Å². The molecule has 0 aromatic carbocycles. The second kappa shape index (κ2) is 5.60. The predicted octanol–water partition coefficient (Wildman–Crippen LogP) is -1.82. The SMILES string of the molecule is CN(CC(=O)NCCN)C1CCS(=O)(=O)C1. The molecule has 0 aromatic heterocycles. The van der Waals surface area contributed by atoms with Crippen molar-refractivity contribution < 1.29 is 13.2 Å². The quantitative estimate of drug-likeness (QED) is 0.598. The Morgan fingerprint density at radius 1 is 1.56 bits per heavy atom. The van der Waals surface area contributed by atoms with Crippen molar-refractivity contribution in [3.8, 4) is 0 Å². The number of rotatable bonds is 5. The lowest BCUT2D eigenvalue weighted by atomic mass is 10.2. The van der Waals surface area contributed by atoms with Gasteiger partial charge in [-0.05, 0) is 13.5 Å². The molecule has 1 rings (SSSR count). The summed E-state index contributed by atoms with van der Waals surface area (Å²) in [6.45, 7) is 1.09. The highest BCUT2D eigenvalue weighted by atomic mass is 32.2. The number of nitrogens with one attached hydrogen (secondary N) is 1. The first-order chi connectivity index (χ1) is 7.44. The third-order valence-electron chi connectivity index (χ3n) is 2.69. The van der Waals surface area contributed by atoms with E-state index in [1.54, 1.807) is 11.9 Å². The van der Waals surface area contributed by atoms with Gasteiger partial charge in [0.2, 0.25) is 5.91 Å². The van der Waals surface area contributed by atoms with Gasteiger partial charge in [0, 0.05) is 19.1 Å². The highest BCUT2D eigenvalue weighted by molar-refractivity contribution is 7.91. The van der Waals surface area contributed by atoms with Crippen LogP contribution in [0.4, 0.5) is 0 Å². The van der Waals surface area contributed by atoms with Crippen molar-refractivity contribution in [3.63, 3.8) is 0 Å². The third-order valence-corrected chi connectivity index (χ3v) is 4.44. The predicted molar refractivity (Wildman–Crippen MR) is 61.8 cm³/mol. The summed E-state index contributed by atoms with van der Waals surface area (Å²) in [6, 6.07) is -0.0337. The number of hydrogen-bond donors (Lipinski definition) is 2. The minimum Gasteiger partial charge on any atom is -0.354 e. The van der Waals surface area contributed by atoms with E-state index in [4.69, 9.17) is 5.73 Å². The van der Waals surface area contributed by atoms with E-state index < -0.39 is 9.84 Å². The normalized spacial score (nSPS) is 23.6. The second-order valence-electron chi connectivity index (χ2n) is 4.11. The second-order valence-corrected chi connectivity index (χ2v) is 6.34. The molecule has 0 spiro atoms. The standard InChI is InChI=1S/C9H19N3O3S/c1-12(6-9(13)11-4-3-10)8-2-5-16(14,15)7-8/h8H,2-7,10H2,1H3,(H,11,13). The van der Waals surface area contributed by atoms with Crippen LogP contribution in [-0.2, 0) is 14.6 Å². The molecule has 1 atom stereocenters. The lowest BCUT2D eigenvalue weighted by Gasteiger charge is -2.22. The zero-order valence-electron chi connectivity index (χ0n) is 9.48. The topological polar surface area (TPSA) is 92.5 Å². The van der Waals surface area contributed by atoms with Gasteiger partial charge in [0.15, 0.2) is 9.84 Å². The largest absolute Gasteiger partial charge is 0.354 e. The Kier molecular flexibility index (Phi) is 4.69. The summed E-state index contributed by atoms with van der Waals surface area (Å²) >= 11 is 0. The van der Waals surface area contributed by atoms with Crippen LogP contribution in [0.15, 0.2) is 0 Å². The maximum Gasteiger partial charge on any atom is 0.234 e. The third kappa shape index (κ3) is 4.07. The molecule has 0 aromatic rings. The van der Waals surface area contributed by atoms with Gasteiger partial charge in [-0.1, -0.05) is 0 Å². The van der Waals surface area contributed by atoms with Crippen LogP contribution in [0.3, 0.4) is 0 Å². The summed E-state index contributed by atoms with van der Waals surface area (Å²) in [7, 11) is -1.12. The van der Waals surface area contributed by atoms with E-state index in [1.165, 1.54) is 0 Å². The van der Waals surface area contributed by atoms with Crippen LogP contribution in [0.25, 0.3) is 0 Å². The Balaban J connectivity index is 2.36. The molecule has 0 bridgehead atoms. The van der Waals surface area contributed by atoms with Crippen molar-refractivity contribution in [1.82, 2.24) is 10.2 Å². The zero-order valence-corrected chi connectivity index (χ0v) is 10.3. The van der Waals surface area contributed by atoms with E-state index in [0.29, 0.717) is 19.5 Å². The van der Waals surface area contributed by atoms with Gasteiger partial charge < -0.3 is 11.1 Å². The Morgan fingerprint density at radius 3 is 2.75 bits per heavy atom. The molecule has 0 aliphatic carbocycles. The molecular formula is C9H19N3O3S. The first-order valence-electron chi connectivity index (χ1n) is 5.32. The van der Waals surface area contributed by atoms with E-state index in [1.807, 2.05) is 0 Å². The highest BCUT2D eigenvalue weighted by Gasteiger charge is 2.31. The van der Waals surface area contributed by atoms with Gasteiger partial charge in [-0.15, -0.1) is 0 Å². The van der Waals surface area contributed by atoms with E-state index in [9.17, 15) is 13.2 Å². The first-order valence-corrected chi connectivity index (χ1v) is 7.14. The van der Waals surface area contributed by atoms with Gasteiger partial charge in [-0.2, -0.15) is 0 Å². The van der Waals surface area contributed by atoms with Crippen LogP contribution >= 0.6 is 0 Å². The Bertz CT molecular complexity index is 342. The van der Waals surface area contributed by atoms with Crippen molar-refractivity contribution >= 4 is 15.7 Å². The van der Waals surface area contributed by atoms with Crippen molar-refractivity contribution in [3.05, 3.63) is 0 Å². The summed E-state index contributed by atoms with van der Waals surface area (Å²) in [4.78, 5) is 13.2. The number of sulfone groups is 1. The molecule has 1 heterocycles. The zero-order chi connectivity index (χ0) is 12.2. The number of likely N-dealkylation sites (N-methyl/N-ethyl adjacent to an activating group) is 1. The summed E-state index contributed by atoms with van der Waals surface area (Å²) in [5.41, 5.74) is 5.26. The number of nitrogens with two attached hydrogens (primary N) is 1. The van der Waals surface area contributed by atoms with Gasteiger partial charge in [-0.25, -0.2) is 8.42 Å². The molecule has 1 saturated heterocycles. The Morgan fingerprint density at radius 2 is 2.25 bits per heavy atom. The highest BCUT2D eigenvalue weighted by Crippen LogP contribution is 2.15. The molecule has 1 unspecified atom stereocenters. The average molecular weight is 249 g/mol. The minimum atomic E-state index is -2.89. The van der Waals surface area contributed by atoms with Gasteiger partial charge in [-0.3, -0.25) is 9.69 Å². The van der Waals surface area contributed by atoms with Crippen LogP contribution in [0.1, 0.15) is 6.42 Å². The summed E-state index contributed by atoms with van der Waals surface area (Å²) in [5.74, 6) is 0.275. The van der Waals surface area contributed by atoms with E-state index in [-0.39, 0.29) is 30.0 Å². The fraction of sp³-hybridized carbons (Fsp3) is 0.889. The number of hydrogen-bond acceptors (Lipinski definition) is 5. The molecule has 3 N–H and O–H groups in total. The van der Waals surface area contributed by atoms with Crippen LogP contribution < -0.4 is 11.1 Å². The molecule has 6 nitrogen and oxygen atoms in total. The molecule has 7 heteroatoms. The molecular weight excluding hydrogens is 230 g/mol. The molecule has 1 amide bonds. The van der Waals surface area contributed by atoms with Crippen molar-refractivity contribution in [1.29, 1.82) is 0 Å². The number of nitrogens with zero attached hydrogens (tertiary/aromatic N) is 1. The lowest BCUT2D eigenvalue weighted by molar-refractivity contribution is -0.122. The summed E-state index contributed by atoms with van der Waals surface area (Å²) in [5, 5.41) is 2.65. The number of carbonyl (C=O) groups excluding carboxylic acids is 1. The molecule has 0 radical (unpaired) electrons. The van der Waals surface area contributed by atoms with Gasteiger partial charge in [0.1, 0.15) is 0 Å². The molecule has 16 heavy (non-hydrogen) atoms. The van der Waals surface area contributed by atoms with E-state index >= 15 is 0 Å². The lowest BCUT2D eigenvalue weighted by Crippen LogP contribution is -2.42. The molecule has 1 aliphatic rings. The number of amides is 1. The fourth-order valence-corrected chi connectivity index (χ4v) is 3.55. The maximum atomic E-state index is 11.4. The summed E-state index contributed by atoms with van der Waals surface area (Å²) in [6.07, 6.45) is 0.614. The first kappa shape index (κ1) is 13.4. The molecule has 94 valence electrons. The van der Waals surface area contributed by atoms with Crippen LogP contribution in [-0.4, -0.2) is 63.5 Å². The van der Waals surface area contributed by atoms with Crippen LogP contribution in [0.5, 0.6) is 0 Å². The molecule has 1 fully saturated rings. The van der Waals surface area contributed by atoms with Crippen molar-refractivity contribution in [2.24, 2.45) is 5.73 Å². The van der Waals surface area contributed by atoms with Gasteiger partial charge in [0.05, 0.1) is 18.1 Å². The van der Waals surface area contributed by atoms with Crippen molar-refractivity contribution in [2.45, 2.75) is 12.5 Å². The maximum absolute atomic E-state index is 11.4. The fourth-order valence-electron chi connectivity index (χ4n) is 1.75. The monoisotopic (exact) mass is 249 g/mol. The van der Waals surface area contributed by atoms with E-state index in [0.717, 1.165) is 0 Å². The van der Waals surface area contributed by atoms with Crippen LogP contribution in [0.2, 0.25) is 0 Å². The Labute approximate surface area is 96.1 Å². The average Bonchev–Trinajstić information content (AvgIpc) is 2.56. The summed E-state index contributed by atoms with van der Waals surface area (Å²) < 4.78 is 22.5. The molecule has 0 saturated carbocycles. The van der Waals surface area contributed by atoms with Crippen molar-refractivity contribution in [2.75, 3.05) is 38.2 Å². The smallest absolute Gasteiger partial charge is 0.234 e. The van der Waals surface area contributed by atoms with Crippen LogP contribution in [0, 0.1) is 0 Å². The minimum absolute atomic E-state index is 0.0337. The Hall–Kier alpha value is -0.660. The number of carbonyl (C=O) groups is 1. The molecule has 1 aliphatic heterocycles. The van der Waals surface area contributed by atoms with Gasteiger partial charge >= 0.3 is 0 Å². The van der Waals surface area contributed by atoms with E-state index in [2.05, 4.69) is 5.32 Å².